The zero-order chi connectivity index (χ0) is 14.7. The van der Waals surface area contributed by atoms with Gasteiger partial charge in [-0.25, -0.2) is 0 Å². The molecule has 122 valence electrons. The third-order valence-corrected chi connectivity index (χ3v) is 4.52. The standard InChI is InChI=1S/C17H24N2O2.ClH/c1-21-15-6-4-14(5-7-15)17(13-2-3-13)19-16(20)10-12-8-9-18-11-12;/h4-7,12-13,17-18H,2-3,8-11H2,1H3,(H,19,20);1H. The molecule has 1 amide bonds. The summed E-state index contributed by atoms with van der Waals surface area (Å²) >= 11 is 0. The van der Waals surface area contributed by atoms with Crippen LogP contribution >= 0.6 is 12.4 Å². The molecule has 1 aromatic rings. The molecule has 2 atom stereocenters. The molecule has 0 radical (unpaired) electrons. The minimum Gasteiger partial charge on any atom is -0.497 e. The summed E-state index contributed by atoms with van der Waals surface area (Å²) < 4.78 is 5.20. The molecule has 22 heavy (non-hydrogen) atoms. The van der Waals surface area contributed by atoms with E-state index in [-0.39, 0.29) is 24.4 Å². The van der Waals surface area contributed by atoms with E-state index in [1.807, 2.05) is 12.1 Å². The van der Waals surface area contributed by atoms with Crippen LogP contribution < -0.4 is 15.4 Å². The van der Waals surface area contributed by atoms with Crippen LogP contribution in [0, 0.1) is 11.8 Å². The van der Waals surface area contributed by atoms with Gasteiger partial charge in [0.05, 0.1) is 13.2 Å². The third kappa shape index (κ3) is 4.37. The molecule has 0 aromatic heterocycles. The fourth-order valence-electron chi connectivity index (χ4n) is 3.10. The van der Waals surface area contributed by atoms with Crippen LogP contribution in [-0.4, -0.2) is 26.1 Å². The van der Waals surface area contributed by atoms with Crippen molar-refractivity contribution in [1.82, 2.24) is 10.6 Å². The van der Waals surface area contributed by atoms with Crippen LogP contribution in [0.3, 0.4) is 0 Å². The van der Waals surface area contributed by atoms with E-state index in [9.17, 15) is 4.79 Å². The average molecular weight is 325 g/mol. The number of methoxy groups -OCH3 is 1. The Hall–Kier alpha value is -1.26. The SMILES string of the molecule is COc1ccc(C(NC(=O)CC2CCNC2)C2CC2)cc1.Cl. The number of nitrogens with one attached hydrogen (secondary N) is 2. The second kappa shape index (κ2) is 7.84. The smallest absolute Gasteiger partial charge is 0.220 e. The first-order chi connectivity index (χ1) is 10.3. The lowest BCUT2D eigenvalue weighted by molar-refractivity contribution is -0.122. The van der Waals surface area contributed by atoms with Crippen LogP contribution in [0.5, 0.6) is 5.75 Å². The Morgan fingerprint density at radius 3 is 2.59 bits per heavy atom. The number of carbonyl (C=O) groups is 1. The molecular weight excluding hydrogens is 300 g/mol. The summed E-state index contributed by atoms with van der Waals surface area (Å²) in [6, 6.07) is 8.24. The number of halogens is 1. The van der Waals surface area contributed by atoms with Gasteiger partial charge < -0.3 is 15.4 Å². The first-order valence-corrected chi connectivity index (χ1v) is 7.90. The minimum atomic E-state index is 0. The highest BCUT2D eigenvalue weighted by Crippen LogP contribution is 2.41. The molecule has 0 bridgehead atoms. The van der Waals surface area contributed by atoms with E-state index in [1.165, 1.54) is 18.4 Å². The van der Waals surface area contributed by atoms with E-state index in [2.05, 4.69) is 22.8 Å². The van der Waals surface area contributed by atoms with Crippen molar-refractivity contribution in [3.05, 3.63) is 29.8 Å². The summed E-state index contributed by atoms with van der Waals surface area (Å²) in [5.74, 6) is 2.15. The summed E-state index contributed by atoms with van der Waals surface area (Å²) in [6.07, 6.45) is 4.18. The molecule has 1 aliphatic carbocycles. The van der Waals surface area contributed by atoms with Crippen molar-refractivity contribution in [2.24, 2.45) is 11.8 Å². The van der Waals surface area contributed by atoms with E-state index < -0.39 is 0 Å². The molecule has 3 rings (SSSR count). The summed E-state index contributed by atoms with van der Waals surface area (Å²) in [5, 5.41) is 6.57. The molecule has 1 saturated carbocycles. The highest BCUT2D eigenvalue weighted by molar-refractivity contribution is 5.85. The van der Waals surface area contributed by atoms with Gasteiger partial charge in [-0.3, -0.25) is 4.79 Å². The zero-order valence-corrected chi connectivity index (χ0v) is 13.8. The summed E-state index contributed by atoms with van der Waals surface area (Å²) in [4.78, 5) is 12.3. The number of amides is 1. The van der Waals surface area contributed by atoms with Crippen molar-refractivity contribution in [2.45, 2.75) is 31.7 Å². The van der Waals surface area contributed by atoms with E-state index in [4.69, 9.17) is 4.74 Å². The number of ether oxygens (including phenoxy) is 1. The minimum absolute atomic E-state index is 0. The topological polar surface area (TPSA) is 50.4 Å². The molecule has 2 aliphatic rings. The van der Waals surface area contributed by atoms with Crippen molar-refractivity contribution in [1.29, 1.82) is 0 Å². The van der Waals surface area contributed by atoms with Crippen LogP contribution in [0.2, 0.25) is 0 Å². The van der Waals surface area contributed by atoms with Crippen LogP contribution in [0.4, 0.5) is 0 Å². The van der Waals surface area contributed by atoms with Crippen molar-refractivity contribution in [3.63, 3.8) is 0 Å². The summed E-state index contributed by atoms with van der Waals surface area (Å²) in [5.41, 5.74) is 1.19. The highest BCUT2D eigenvalue weighted by Gasteiger charge is 2.33. The van der Waals surface area contributed by atoms with Crippen LogP contribution in [0.15, 0.2) is 24.3 Å². The van der Waals surface area contributed by atoms with E-state index in [0.29, 0.717) is 18.3 Å². The van der Waals surface area contributed by atoms with Gasteiger partial charge in [0.1, 0.15) is 5.75 Å². The average Bonchev–Trinajstić information content (AvgIpc) is 3.23. The third-order valence-electron chi connectivity index (χ3n) is 4.52. The predicted molar refractivity (Wildman–Crippen MR) is 89.4 cm³/mol. The molecule has 2 fully saturated rings. The Balaban J connectivity index is 0.00000176. The number of benzene rings is 1. The molecule has 0 spiro atoms. The maximum Gasteiger partial charge on any atom is 0.220 e. The monoisotopic (exact) mass is 324 g/mol. The second-order valence-corrected chi connectivity index (χ2v) is 6.22. The quantitative estimate of drug-likeness (QED) is 0.846. The molecule has 1 aromatic carbocycles. The van der Waals surface area contributed by atoms with Crippen molar-refractivity contribution in [3.8, 4) is 5.75 Å². The van der Waals surface area contributed by atoms with Gasteiger partial charge in [0.25, 0.3) is 0 Å². The van der Waals surface area contributed by atoms with Crippen molar-refractivity contribution < 1.29 is 9.53 Å². The molecule has 2 unspecified atom stereocenters. The molecule has 1 aliphatic heterocycles. The highest BCUT2D eigenvalue weighted by atomic mass is 35.5. The first kappa shape index (κ1) is 17.1. The van der Waals surface area contributed by atoms with Gasteiger partial charge in [0.15, 0.2) is 0 Å². The molecule has 1 heterocycles. The van der Waals surface area contributed by atoms with Gasteiger partial charge in [-0.1, -0.05) is 12.1 Å². The van der Waals surface area contributed by atoms with Gasteiger partial charge in [-0.15, -0.1) is 12.4 Å². The fourth-order valence-corrected chi connectivity index (χ4v) is 3.10. The molecular formula is C17H25ClN2O2. The maximum atomic E-state index is 12.3. The van der Waals surface area contributed by atoms with Gasteiger partial charge in [0.2, 0.25) is 5.91 Å². The fraction of sp³-hybridized carbons (Fsp3) is 0.588. The number of rotatable bonds is 6. The largest absolute Gasteiger partial charge is 0.497 e. The van der Waals surface area contributed by atoms with Crippen molar-refractivity contribution >= 4 is 18.3 Å². The maximum absolute atomic E-state index is 12.3. The van der Waals surface area contributed by atoms with E-state index in [0.717, 1.165) is 25.3 Å². The van der Waals surface area contributed by atoms with Gasteiger partial charge in [-0.2, -0.15) is 0 Å². The second-order valence-electron chi connectivity index (χ2n) is 6.22. The summed E-state index contributed by atoms with van der Waals surface area (Å²) in [6.45, 7) is 2.02. The first-order valence-electron chi connectivity index (χ1n) is 7.90. The number of carbonyl (C=O) groups excluding carboxylic acids is 1. The Kier molecular flexibility index (Phi) is 6.09. The molecule has 1 saturated heterocycles. The normalized spacial score (nSPS) is 21.8. The van der Waals surface area contributed by atoms with Gasteiger partial charge >= 0.3 is 0 Å². The van der Waals surface area contributed by atoms with Crippen LogP contribution in [-0.2, 0) is 4.79 Å². The van der Waals surface area contributed by atoms with Crippen LogP contribution in [0.1, 0.15) is 37.3 Å². The molecule has 4 nitrogen and oxygen atoms in total. The number of hydrogen-bond donors (Lipinski definition) is 2. The van der Waals surface area contributed by atoms with E-state index >= 15 is 0 Å². The van der Waals surface area contributed by atoms with Crippen molar-refractivity contribution in [2.75, 3.05) is 20.2 Å². The lowest BCUT2D eigenvalue weighted by Gasteiger charge is -2.20. The van der Waals surface area contributed by atoms with Crippen LogP contribution in [0.25, 0.3) is 0 Å². The van der Waals surface area contributed by atoms with Gasteiger partial charge in [-0.05, 0) is 61.9 Å². The Morgan fingerprint density at radius 2 is 2.05 bits per heavy atom. The lowest BCUT2D eigenvalue weighted by atomic mass is 10.00. The predicted octanol–water partition coefficient (Wildman–Crippen LogP) is 2.68. The zero-order valence-electron chi connectivity index (χ0n) is 13.0. The molecule has 5 heteroatoms. The lowest BCUT2D eigenvalue weighted by Crippen LogP contribution is -2.31. The Morgan fingerprint density at radius 1 is 1.32 bits per heavy atom. The van der Waals surface area contributed by atoms with Gasteiger partial charge in [0, 0.05) is 6.42 Å². The number of hydrogen-bond acceptors (Lipinski definition) is 3. The Bertz CT molecular complexity index is 482. The molecule has 2 N–H and O–H groups in total. The summed E-state index contributed by atoms with van der Waals surface area (Å²) in [7, 11) is 1.67. The Labute approximate surface area is 138 Å². The van der Waals surface area contributed by atoms with E-state index in [1.54, 1.807) is 7.11 Å².